The summed E-state index contributed by atoms with van der Waals surface area (Å²) in [6, 6.07) is 9.61. The van der Waals surface area contributed by atoms with Crippen molar-refractivity contribution in [3.05, 3.63) is 46.2 Å². The molecule has 3 rings (SSSR count). The molecule has 1 atom stereocenters. The van der Waals surface area contributed by atoms with Crippen molar-refractivity contribution in [2.45, 2.75) is 25.9 Å². The number of benzene rings is 1. The number of hydrogen-bond acceptors (Lipinski definition) is 4. The van der Waals surface area contributed by atoms with E-state index in [0.29, 0.717) is 18.0 Å². The van der Waals surface area contributed by atoms with Crippen molar-refractivity contribution >= 4 is 28.8 Å². The van der Waals surface area contributed by atoms with Gasteiger partial charge in [0.05, 0.1) is 12.1 Å². The summed E-state index contributed by atoms with van der Waals surface area (Å²) in [5.74, 6) is 0.567. The van der Waals surface area contributed by atoms with Crippen LogP contribution >= 0.6 is 11.3 Å². The molecule has 0 bridgehead atoms. The molecular formula is C18H20N2O3S. The van der Waals surface area contributed by atoms with Crippen LogP contribution in [0.1, 0.15) is 17.4 Å². The maximum atomic E-state index is 12.1. The summed E-state index contributed by atoms with van der Waals surface area (Å²) < 4.78 is 5.59. The third-order valence-corrected chi connectivity index (χ3v) is 4.94. The van der Waals surface area contributed by atoms with Crippen molar-refractivity contribution in [3.8, 4) is 5.75 Å². The van der Waals surface area contributed by atoms with Gasteiger partial charge in [0.25, 0.3) is 5.91 Å². The Labute approximate surface area is 145 Å². The first-order valence-electron chi connectivity index (χ1n) is 7.91. The van der Waals surface area contributed by atoms with E-state index >= 15 is 0 Å². The Morgan fingerprint density at radius 2 is 2.21 bits per heavy atom. The number of ether oxygens (including phenoxy) is 1. The van der Waals surface area contributed by atoms with Crippen molar-refractivity contribution in [3.63, 3.8) is 0 Å². The standard InChI is InChI=1S/C18H20N2O3S/c1-12-18(22)20(2)15-10-13(5-6-16(15)23-12)11-17(21)19-8-7-14-4-3-9-24-14/h3-6,9-10,12H,7-8,11H2,1-2H3,(H,19,21). The first-order chi connectivity index (χ1) is 11.5. The lowest BCUT2D eigenvalue weighted by atomic mass is 10.1. The Hall–Kier alpha value is -2.34. The van der Waals surface area contributed by atoms with Crippen LogP contribution in [-0.2, 0) is 22.4 Å². The van der Waals surface area contributed by atoms with Crippen molar-refractivity contribution in [1.82, 2.24) is 5.32 Å². The zero-order valence-electron chi connectivity index (χ0n) is 13.7. The summed E-state index contributed by atoms with van der Waals surface area (Å²) in [5.41, 5.74) is 1.57. The Balaban J connectivity index is 1.59. The second kappa shape index (κ2) is 7.05. The van der Waals surface area contributed by atoms with Crippen LogP contribution in [0.4, 0.5) is 5.69 Å². The van der Waals surface area contributed by atoms with E-state index in [9.17, 15) is 9.59 Å². The number of rotatable bonds is 5. The average molecular weight is 344 g/mol. The molecule has 1 unspecified atom stereocenters. The predicted molar refractivity (Wildman–Crippen MR) is 94.7 cm³/mol. The highest BCUT2D eigenvalue weighted by molar-refractivity contribution is 7.09. The highest BCUT2D eigenvalue weighted by atomic mass is 32.1. The molecule has 0 aliphatic carbocycles. The van der Waals surface area contributed by atoms with Crippen LogP contribution in [0.5, 0.6) is 5.75 Å². The summed E-state index contributed by atoms with van der Waals surface area (Å²) in [6.45, 7) is 2.36. The zero-order chi connectivity index (χ0) is 17.1. The van der Waals surface area contributed by atoms with E-state index in [0.717, 1.165) is 12.0 Å². The molecule has 0 saturated heterocycles. The molecule has 126 valence electrons. The van der Waals surface area contributed by atoms with Crippen LogP contribution in [0, 0.1) is 0 Å². The molecule has 1 aliphatic heterocycles. The lowest BCUT2D eigenvalue weighted by Gasteiger charge is -2.30. The lowest BCUT2D eigenvalue weighted by Crippen LogP contribution is -2.42. The minimum atomic E-state index is -0.478. The van der Waals surface area contributed by atoms with Gasteiger partial charge in [-0.25, -0.2) is 0 Å². The minimum Gasteiger partial charge on any atom is -0.479 e. The van der Waals surface area contributed by atoms with Gasteiger partial charge in [0.2, 0.25) is 5.91 Å². The molecule has 1 aromatic heterocycles. The summed E-state index contributed by atoms with van der Waals surface area (Å²) in [6.07, 6.45) is 0.653. The number of nitrogens with zero attached hydrogens (tertiary/aromatic N) is 1. The van der Waals surface area contributed by atoms with Gasteiger partial charge in [0, 0.05) is 18.5 Å². The fourth-order valence-electron chi connectivity index (χ4n) is 2.69. The van der Waals surface area contributed by atoms with Crippen molar-refractivity contribution in [1.29, 1.82) is 0 Å². The van der Waals surface area contributed by atoms with Gasteiger partial charge >= 0.3 is 0 Å². The maximum Gasteiger partial charge on any atom is 0.267 e. The van der Waals surface area contributed by atoms with E-state index in [-0.39, 0.29) is 18.2 Å². The fraction of sp³-hybridized carbons (Fsp3) is 0.333. The Bertz CT molecular complexity index is 743. The number of carbonyl (C=O) groups excluding carboxylic acids is 2. The van der Waals surface area contributed by atoms with Crippen LogP contribution in [0.2, 0.25) is 0 Å². The monoisotopic (exact) mass is 344 g/mol. The summed E-state index contributed by atoms with van der Waals surface area (Å²) in [4.78, 5) is 26.9. The molecule has 0 saturated carbocycles. The molecule has 5 nitrogen and oxygen atoms in total. The Kier molecular flexibility index (Phi) is 4.85. The first kappa shape index (κ1) is 16.5. The second-order valence-corrected chi connectivity index (χ2v) is 6.85. The van der Waals surface area contributed by atoms with E-state index in [1.807, 2.05) is 29.6 Å². The van der Waals surface area contributed by atoms with Gasteiger partial charge < -0.3 is 15.0 Å². The number of likely N-dealkylation sites (N-methyl/N-ethyl adjacent to an activating group) is 1. The summed E-state index contributed by atoms with van der Waals surface area (Å²) >= 11 is 1.69. The van der Waals surface area contributed by atoms with Crippen LogP contribution in [-0.4, -0.2) is 31.5 Å². The molecule has 6 heteroatoms. The number of hydrogen-bond donors (Lipinski definition) is 1. The third-order valence-electron chi connectivity index (χ3n) is 4.01. The number of fused-ring (bicyclic) bond motifs is 1. The highest BCUT2D eigenvalue weighted by Crippen LogP contribution is 2.33. The Morgan fingerprint density at radius 3 is 2.96 bits per heavy atom. The van der Waals surface area contributed by atoms with Crippen LogP contribution < -0.4 is 15.0 Å². The topological polar surface area (TPSA) is 58.6 Å². The van der Waals surface area contributed by atoms with E-state index in [2.05, 4.69) is 11.4 Å². The van der Waals surface area contributed by atoms with E-state index in [4.69, 9.17) is 4.74 Å². The molecular weight excluding hydrogens is 324 g/mol. The van der Waals surface area contributed by atoms with E-state index in [1.165, 1.54) is 4.88 Å². The van der Waals surface area contributed by atoms with Gasteiger partial charge in [-0.15, -0.1) is 11.3 Å². The molecule has 2 amide bonds. The SMILES string of the molecule is CC1Oc2ccc(CC(=O)NCCc3cccs3)cc2N(C)C1=O. The quantitative estimate of drug-likeness (QED) is 0.906. The molecule has 0 fully saturated rings. The minimum absolute atomic E-state index is 0.0226. The van der Waals surface area contributed by atoms with Crippen LogP contribution in [0.15, 0.2) is 35.7 Å². The normalized spacial score (nSPS) is 16.5. The van der Waals surface area contributed by atoms with Gasteiger partial charge in [-0.2, -0.15) is 0 Å². The number of anilines is 1. The van der Waals surface area contributed by atoms with Gasteiger partial charge in [-0.3, -0.25) is 9.59 Å². The maximum absolute atomic E-state index is 12.1. The number of carbonyl (C=O) groups is 2. The molecule has 0 radical (unpaired) electrons. The first-order valence-corrected chi connectivity index (χ1v) is 8.79. The zero-order valence-corrected chi connectivity index (χ0v) is 14.6. The largest absolute Gasteiger partial charge is 0.479 e. The molecule has 2 aromatic rings. The number of thiophene rings is 1. The molecule has 0 spiro atoms. The molecule has 1 N–H and O–H groups in total. The molecule has 24 heavy (non-hydrogen) atoms. The van der Waals surface area contributed by atoms with Crippen molar-refractivity contribution < 1.29 is 14.3 Å². The van der Waals surface area contributed by atoms with Gasteiger partial charge in [0.15, 0.2) is 6.10 Å². The van der Waals surface area contributed by atoms with Gasteiger partial charge in [0.1, 0.15) is 5.75 Å². The summed E-state index contributed by atoms with van der Waals surface area (Å²) in [5, 5.41) is 4.97. The predicted octanol–water partition coefficient (Wildman–Crippen LogP) is 2.39. The number of amides is 2. The lowest BCUT2D eigenvalue weighted by molar-refractivity contribution is -0.125. The molecule has 2 heterocycles. The van der Waals surface area contributed by atoms with E-state index in [1.54, 1.807) is 30.2 Å². The third kappa shape index (κ3) is 3.59. The average Bonchev–Trinajstić information content (AvgIpc) is 3.07. The van der Waals surface area contributed by atoms with Crippen LogP contribution in [0.3, 0.4) is 0 Å². The van der Waals surface area contributed by atoms with Gasteiger partial charge in [-0.05, 0) is 42.5 Å². The highest BCUT2D eigenvalue weighted by Gasteiger charge is 2.28. The van der Waals surface area contributed by atoms with Gasteiger partial charge in [-0.1, -0.05) is 12.1 Å². The Morgan fingerprint density at radius 1 is 1.38 bits per heavy atom. The van der Waals surface area contributed by atoms with Crippen molar-refractivity contribution in [2.24, 2.45) is 0 Å². The number of nitrogens with one attached hydrogen (secondary N) is 1. The smallest absolute Gasteiger partial charge is 0.267 e. The van der Waals surface area contributed by atoms with Crippen LogP contribution in [0.25, 0.3) is 0 Å². The second-order valence-electron chi connectivity index (χ2n) is 5.82. The van der Waals surface area contributed by atoms with E-state index < -0.39 is 6.10 Å². The van der Waals surface area contributed by atoms with Crippen molar-refractivity contribution in [2.75, 3.05) is 18.5 Å². The fourth-order valence-corrected chi connectivity index (χ4v) is 3.40. The molecule has 1 aliphatic rings. The molecule has 1 aromatic carbocycles. The summed E-state index contributed by atoms with van der Waals surface area (Å²) in [7, 11) is 1.73.